The van der Waals surface area contributed by atoms with Crippen LogP contribution in [-0.2, 0) is 4.79 Å². The zero-order valence-corrected chi connectivity index (χ0v) is 6.41. The Morgan fingerprint density at radius 2 is 2.55 bits per heavy atom. The van der Waals surface area contributed by atoms with Crippen LogP contribution in [0.3, 0.4) is 0 Å². The minimum Gasteiger partial charge on any atom is -0.449 e. The van der Waals surface area contributed by atoms with Crippen molar-refractivity contribution in [2.24, 2.45) is 0 Å². The Morgan fingerprint density at radius 1 is 1.73 bits per heavy atom. The van der Waals surface area contributed by atoms with Gasteiger partial charge in [0.05, 0.1) is 12.8 Å². The molecule has 11 heavy (non-hydrogen) atoms. The van der Waals surface area contributed by atoms with Crippen LogP contribution in [0.1, 0.15) is 6.92 Å². The molecule has 0 spiro atoms. The van der Waals surface area contributed by atoms with E-state index in [1.807, 2.05) is 19.3 Å². The number of furan rings is 1. The molecule has 3 nitrogen and oxygen atoms in total. The lowest BCUT2D eigenvalue weighted by atomic mass is 10.5. The lowest BCUT2D eigenvalue weighted by Crippen LogP contribution is -2.23. The van der Waals surface area contributed by atoms with E-state index in [9.17, 15) is 4.79 Å². The van der Waals surface area contributed by atoms with Gasteiger partial charge in [-0.15, -0.1) is 0 Å². The summed E-state index contributed by atoms with van der Waals surface area (Å²) in [4.78, 5) is 11.9. The molecule has 0 unspecified atom stereocenters. The highest BCUT2D eigenvalue weighted by molar-refractivity contribution is 5.59. The van der Waals surface area contributed by atoms with E-state index in [-0.39, 0.29) is 6.54 Å². The van der Waals surface area contributed by atoms with E-state index in [4.69, 9.17) is 4.42 Å². The number of rotatable bonds is 4. The van der Waals surface area contributed by atoms with Gasteiger partial charge in [-0.1, -0.05) is 0 Å². The molecule has 0 aliphatic carbocycles. The van der Waals surface area contributed by atoms with Crippen LogP contribution in [0.25, 0.3) is 0 Å². The quantitative estimate of drug-likeness (QED) is 0.650. The summed E-state index contributed by atoms with van der Waals surface area (Å²) in [7, 11) is 0. The Kier molecular flexibility index (Phi) is 2.72. The molecule has 0 saturated heterocycles. The van der Waals surface area contributed by atoms with E-state index in [1.54, 1.807) is 17.2 Å². The van der Waals surface area contributed by atoms with Gasteiger partial charge < -0.3 is 9.32 Å². The first kappa shape index (κ1) is 7.85. The number of hydrogen-bond acceptors (Lipinski definition) is 3. The first-order valence-electron chi connectivity index (χ1n) is 3.52. The highest BCUT2D eigenvalue weighted by Crippen LogP contribution is 2.12. The maximum atomic E-state index is 10.1. The molecule has 0 atom stereocenters. The van der Waals surface area contributed by atoms with Crippen molar-refractivity contribution in [2.75, 3.05) is 18.0 Å². The van der Waals surface area contributed by atoms with Gasteiger partial charge in [0.1, 0.15) is 0 Å². The van der Waals surface area contributed by atoms with Gasteiger partial charge in [-0.2, -0.15) is 0 Å². The largest absolute Gasteiger partial charge is 0.449 e. The molecule has 1 aromatic heterocycles. The zero-order chi connectivity index (χ0) is 8.10. The summed E-state index contributed by atoms with van der Waals surface area (Å²) in [5.41, 5.74) is 0. The number of carbonyl (C=O) groups excluding carboxylic acids is 1. The summed E-state index contributed by atoms with van der Waals surface area (Å²) < 4.78 is 5.09. The van der Waals surface area contributed by atoms with Gasteiger partial charge in [-0.05, 0) is 13.0 Å². The number of nitrogens with zero attached hydrogens (tertiary/aromatic N) is 1. The van der Waals surface area contributed by atoms with Crippen molar-refractivity contribution in [3.05, 3.63) is 18.4 Å². The number of hydrogen-bond donors (Lipinski definition) is 0. The number of likely N-dealkylation sites (N-methyl/N-ethyl adjacent to an activating group) is 1. The van der Waals surface area contributed by atoms with Crippen molar-refractivity contribution in [2.45, 2.75) is 6.92 Å². The van der Waals surface area contributed by atoms with Crippen LogP contribution in [-0.4, -0.2) is 19.4 Å². The summed E-state index contributed by atoms with van der Waals surface area (Å²) in [5.74, 6) is 0.718. The van der Waals surface area contributed by atoms with Crippen LogP contribution in [0.5, 0.6) is 0 Å². The average Bonchev–Trinajstić information content (AvgIpc) is 2.52. The highest BCUT2D eigenvalue weighted by Gasteiger charge is 2.04. The molecule has 0 fully saturated rings. The maximum absolute atomic E-state index is 10.1. The maximum Gasteiger partial charge on any atom is 0.219 e. The van der Waals surface area contributed by atoms with Gasteiger partial charge in [0.2, 0.25) is 6.29 Å². The fourth-order valence-electron chi connectivity index (χ4n) is 0.873. The van der Waals surface area contributed by atoms with Gasteiger partial charge in [-0.25, -0.2) is 0 Å². The molecule has 1 rings (SSSR count). The van der Waals surface area contributed by atoms with E-state index in [2.05, 4.69) is 0 Å². The second-order valence-electron chi connectivity index (χ2n) is 2.11. The van der Waals surface area contributed by atoms with E-state index in [0.29, 0.717) is 0 Å². The van der Waals surface area contributed by atoms with E-state index < -0.39 is 0 Å². The third-order valence-corrected chi connectivity index (χ3v) is 1.45. The topological polar surface area (TPSA) is 33.5 Å². The fraction of sp³-hybridized carbons (Fsp3) is 0.375. The van der Waals surface area contributed by atoms with Gasteiger partial charge >= 0.3 is 0 Å². The summed E-state index contributed by atoms with van der Waals surface area (Å²) in [6, 6.07) is 3.61. The van der Waals surface area contributed by atoms with Crippen molar-refractivity contribution in [1.29, 1.82) is 0 Å². The molecule has 1 radical (unpaired) electrons. The van der Waals surface area contributed by atoms with E-state index in [0.717, 1.165) is 12.4 Å². The molecule has 0 aliphatic rings. The lowest BCUT2D eigenvalue weighted by Gasteiger charge is -2.14. The van der Waals surface area contributed by atoms with E-state index >= 15 is 0 Å². The molecule has 3 heteroatoms. The summed E-state index contributed by atoms with van der Waals surface area (Å²) in [6.07, 6.45) is 3.41. The van der Waals surface area contributed by atoms with Gasteiger partial charge in [0.15, 0.2) is 5.88 Å². The minimum absolute atomic E-state index is 0.268. The highest BCUT2D eigenvalue weighted by atomic mass is 16.3. The second-order valence-corrected chi connectivity index (χ2v) is 2.11. The first-order chi connectivity index (χ1) is 5.38. The van der Waals surface area contributed by atoms with Crippen molar-refractivity contribution < 1.29 is 9.21 Å². The van der Waals surface area contributed by atoms with Gasteiger partial charge in [-0.3, -0.25) is 4.79 Å². The summed E-state index contributed by atoms with van der Waals surface area (Å²) in [5, 5.41) is 0. The SMILES string of the molecule is CCN(C[C]=O)c1ccco1. The summed E-state index contributed by atoms with van der Waals surface area (Å²) in [6.45, 7) is 2.98. The van der Waals surface area contributed by atoms with Crippen molar-refractivity contribution in [3.63, 3.8) is 0 Å². The third-order valence-electron chi connectivity index (χ3n) is 1.45. The van der Waals surface area contributed by atoms with Gasteiger partial charge in [0.25, 0.3) is 0 Å². The summed E-state index contributed by atoms with van der Waals surface area (Å²) >= 11 is 0. The van der Waals surface area contributed by atoms with Crippen LogP contribution >= 0.6 is 0 Å². The zero-order valence-electron chi connectivity index (χ0n) is 6.41. The monoisotopic (exact) mass is 152 g/mol. The normalized spacial score (nSPS) is 9.55. The fourth-order valence-corrected chi connectivity index (χ4v) is 0.873. The lowest BCUT2D eigenvalue weighted by molar-refractivity contribution is 0.536. The molecule has 59 valence electrons. The van der Waals surface area contributed by atoms with Crippen LogP contribution in [0.2, 0.25) is 0 Å². The molecular formula is C8H10NO2. The standard InChI is InChI=1S/C8H10NO2/c1-2-9(5-6-10)8-4-3-7-11-8/h3-4,7H,2,5H2,1H3. The van der Waals surface area contributed by atoms with Crippen molar-refractivity contribution in [1.82, 2.24) is 0 Å². The smallest absolute Gasteiger partial charge is 0.219 e. The van der Waals surface area contributed by atoms with E-state index in [1.165, 1.54) is 0 Å². The molecule has 0 saturated carbocycles. The van der Waals surface area contributed by atoms with Crippen LogP contribution in [0.15, 0.2) is 22.8 Å². The third kappa shape index (κ3) is 1.83. The Balaban J connectivity index is 2.62. The molecule has 0 aliphatic heterocycles. The van der Waals surface area contributed by atoms with Crippen molar-refractivity contribution in [3.8, 4) is 0 Å². The Bertz CT molecular complexity index is 206. The Labute approximate surface area is 65.6 Å². The predicted molar refractivity (Wildman–Crippen MR) is 42.3 cm³/mol. The second kappa shape index (κ2) is 3.81. The molecule has 0 amide bonds. The molecule has 0 aromatic carbocycles. The molecule has 1 heterocycles. The molecule has 1 aromatic rings. The Morgan fingerprint density at radius 3 is 3.00 bits per heavy atom. The van der Waals surface area contributed by atoms with Crippen molar-refractivity contribution >= 4 is 12.2 Å². The number of anilines is 1. The van der Waals surface area contributed by atoms with Gasteiger partial charge in [0, 0.05) is 12.6 Å². The van der Waals surface area contributed by atoms with Crippen LogP contribution in [0.4, 0.5) is 5.88 Å². The van der Waals surface area contributed by atoms with Crippen LogP contribution < -0.4 is 4.90 Å². The average molecular weight is 152 g/mol. The molecule has 0 N–H and O–H groups in total. The first-order valence-corrected chi connectivity index (χ1v) is 3.52. The predicted octanol–water partition coefficient (Wildman–Crippen LogP) is 1.22. The Hall–Kier alpha value is -1.25. The molecular weight excluding hydrogens is 142 g/mol. The molecule has 0 bridgehead atoms. The minimum atomic E-state index is 0.268. The van der Waals surface area contributed by atoms with Crippen LogP contribution in [0, 0.1) is 0 Å².